The van der Waals surface area contributed by atoms with Crippen LogP contribution in [0, 0.1) is 0 Å². The summed E-state index contributed by atoms with van der Waals surface area (Å²) in [6.07, 6.45) is 1.01. The van der Waals surface area contributed by atoms with Gasteiger partial charge in [0.1, 0.15) is 0 Å². The first kappa shape index (κ1) is 13.6. The highest BCUT2D eigenvalue weighted by molar-refractivity contribution is 6.12. The zero-order valence-electron chi connectivity index (χ0n) is 12.1. The molecule has 1 heterocycles. The van der Waals surface area contributed by atoms with Gasteiger partial charge in [-0.2, -0.15) is 0 Å². The van der Waals surface area contributed by atoms with Crippen LogP contribution in [0.3, 0.4) is 0 Å². The summed E-state index contributed by atoms with van der Waals surface area (Å²) in [6, 6.07) is 15.7. The molecule has 0 radical (unpaired) electrons. The Bertz CT molecular complexity index is 654. The van der Waals surface area contributed by atoms with Crippen LogP contribution in [0.1, 0.15) is 16.8 Å². The summed E-state index contributed by atoms with van der Waals surface area (Å²) in [5, 5.41) is 6.17. The number of carbonyl (C=O) groups is 1. The van der Waals surface area contributed by atoms with Crippen molar-refractivity contribution in [1.82, 2.24) is 5.32 Å². The largest absolute Gasteiger partial charge is 0.339 e. The van der Waals surface area contributed by atoms with Crippen molar-refractivity contribution in [3.05, 3.63) is 54.1 Å². The van der Waals surface area contributed by atoms with E-state index in [9.17, 15) is 4.79 Å². The molecule has 0 atom stereocenters. The Morgan fingerprint density at radius 3 is 2.57 bits per heavy atom. The molecule has 0 saturated heterocycles. The van der Waals surface area contributed by atoms with Crippen molar-refractivity contribution in [1.29, 1.82) is 0 Å². The second-order valence-electron chi connectivity index (χ2n) is 5.10. The van der Waals surface area contributed by atoms with Crippen LogP contribution in [0.25, 0.3) is 0 Å². The Morgan fingerprint density at radius 1 is 1.05 bits per heavy atom. The van der Waals surface area contributed by atoms with E-state index in [0.717, 1.165) is 42.1 Å². The third-order valence-electron chi connectivity index (χ3n) is 3.69. The number of nitrogens with zero attached hydrogens (tertiary/aromatic N) is 1. The SMILES string of the molecule is CNCCCN1c2ccccc2NC(=O)c2ccccc21. The van der Waals surface area contributed by atoms with Crippen molar-refractivity contribution in [2.75, 3.05) is 30.4 Å². The minimum absolute atomic E-state index is 0.0471. The summed E-state index contributed by atoms with van der Waals surface area (Å²) in [7, 11) is 1.95. The fourth-order valence-corrected chi connectivity index (χ4v) is 2.69. The highest BCUT2D eigenvalue weighted by Gasteiger charge is 2.23. The summed E-state index contributed by atoms with van der Waals surface area (Å²) in [5.74, 6) is -0.0471. The maximum absolute atomic E-state index is 12.4. The fraction of sp³-hybridized carbons (Fsp3) is 0.235. The van der Waals surface area contributed by atoms with Gasteiger partial charge in [-0.05, 0) is 44.3 Å². The number of para-hydroxylation sites is 3. The van der Waals surface area contributed by atoms with Gasteiger partial charge < -0.3 is 15.5 Å². The van der Waals surface area contributed by atoms with Gasteiger partial charge in [0.05, 0.1) is 22.6 Å². The van der Waals surface area contributed by atoms with Crippen LogP contribution in [-0.2, 0) is 0 Å². The van der Waals surface area contributed by atoms with Crippen molar-refractivity contribution in [2.24, 2.45) is 0 Å². The zero-order chi connectivity index (χ0) is 14.7. The molecule has 2 aromatic carbocycles. The van der Waals surface area contributed by atoms with Gasteiger partial charge in [-0.1, -0.05) is 24.3 Å². The molecule has 1 aliphatic heterocycles. The first-order chi connectivity index (χ1) is 10.3. The van der Waals surface area contributed by atoms with Crippen molar-refractivity contribution in [2.45, 2.75) is 6.42 Å². The number of anilines is 3. The smallest absolute Gasteiger partial charge is 0.257 e. The Kier molecular flexibility index (Phi) is 3.88. The third kappa shape index (κ3) is 2.62. The Labute approximate surface area is 124 Å². The van der Waals surface area contributed by atoms with Crippen molar-refractivity contribution < 1.29 is 4.79 Å². The predicted octanol–water partition coefficient (Wildman–Crippen LogP) is 3.00. The van der Waals surface area contributed by atoms with Crippen LogP contribution in [0.15, 0.2) is 48.5 Å². The molecule has 1 amide bonds. The summed E-state index contributed by atoms with van der Waals surface area (Å²) in [4.78, 5) is 14.6. The lowest BCUT2D eigenvalue weighted by atomic mass is 10.1. The molecule has 4 heteroatoms. The van der Waals surface area contributed by atoms with E-state index in [-0.39, 0.29) is 5.91 Å². The number of hydrogen-bond donors (Lipinski definition) is 2. The van der Waals surface area contributed by atoms with E-state index >= 15 is 0 Å². The molecule has 21 heavy (non-hydrogen) atoms. The van der Waals surface area contributed by atoms with Gasteiger partial charge in [0.15, 0.2) is 0 Å². The topological polar surface area (TPSA) is 44.4 Å². The van der Waals surface area contributed by atoms with E-state index in [2.05, 4.69) is 21.6 Å². The monoisotopic (exact) mass is 281 g/mol. The lowest BCUT2D eigenvalue weighted by molar-refractivity contribution is 0.102. The molecule has 1 aliphatic rings. The molecule has 108 valence electrons. The van der Waals surface area contributed by atoms with Gasteiger partial charge in [-0.3, -0.25) is 4.79 Å². The summed E-state index contributed by atoms with van der Waals surface area (Å²) < 4.78 is 0. The summed E-state index contributed by atoms with van der Waals surface area (Å²) >= 11 is 0. The summed E-state index contributed by atoms with van der Waals surface area (Å²) in [5.41, 5.74) is 3.60. The summed E-state index contributed by atoms with van der Waals surface area (Å²) in [6.45, 7) is 1.81. The molecule has 0 bridgehead atoms. The Balaban J connectivity index is 2.07. The first-order valence-corrected chi connectivity index (χ1v) is 7.23. The van der Waals surface area contributed by atoms with Gasteiger partial charge >= 0.3 is 0 Å². The predicted molar refractivity (Wildman–Crippen MR) is 86.4 cm³/mol. The first-order valence-electron chi connectivity index (χ1n) is 7.23. The van der Waals surface area contributed by atoms with Gasteiger partial charge in [-0.25, -0.2) is 0 Å². The average molecular weight is 281 g/mol. The number of nitrogens with one attached hydrogen (secondary N) is 2. The molecule has 0 saturated carbocycles. The van der Waals surface area contributed by atoms with Crippen LogP contribution in [0.5, 0.6) is 0 Å². The highest BCUT2D eigenvalue weighted by Crippen LogP contribution is 2.37. The number of hydrogen-bond acceptors (Lipinski definition) is 3. The number of carbonyl (C=O) groups excluding carboxylic acids is 1. The number of fused-ring (bicyclic) bond motifs is 2. The van der Waals surface area contributed by atoms with Crippen molar-refractivity contribution in [3.8, 4) is 0 Å². The van der Waals surface area contributed by atoms with E-state index in [1.165, 1.54) is 0 Å². The van der Waals surface area contributed by atoms with Crippen LogP contribution >= 0.6 is 0 Å². The second-order valence-corrected chi connectivity index (χ2v) is 5.10. The van der Waals surface area contributed by atoms with Crippen LogP contribution < -0.4 is 15.5 Å². The van der Waals surface area contributed by atoms with Crippen molar-refractivity contribution >= 4 is 23.0 Å². The molecule has 0 fully saturated rings. The standard InChI is InChI=1S/C17H19N3O/c1-18-11-6-12-20-15-9-4-2-7-13(15)17(21)19-14-8-3-5-10-16(14)20/h2-5,7-10,18H,6,11-12H2,1H3,(H,19,21). The van der Waals surface area contributed by atoms with E-state index < -0.39 is 0 Å². The van der Waals surface area contributed by atoms with Crippen LogP contribution in [-0.4, -0.2) is 26.0 Å². The van der Waals surface area contributed by atoms with Crippen molar-refractivity contribution in [3.63, 3.8) is 0 Å². The van der Waals surface area contributed by atoms with Crippen LogP contribution in [0.2, 0.25) is 0 Å². The Morgan fingerprint density at radius 2 is 1.76 bits per heavy atom. The van der Waals surface area contributed by atoms with E-state index in [0.29, 0.717) is 0 Å². The van der Waals surface area contributed by atoms with Gasteiger partial charge in [0.2, 0.25) is 0 Å². The molecule has 0 spiro atoms. The molecule has 3 rings (SSSR count). The van der Waals surface area contributed by atoms with Crippen LogP contribution in [0.4, 0.5) is 17.1 Å². The molecular weight excluding hydrogens is 262 g/mol. The van der Waals surface area contributed by atoms with Gasteiger partial charge in [0.25, 0.3) is 5.91 Å². The highest BCUT2D eigenvalue weighted by atomic mass is 16.1. The number of rotatable bonds is 4. The average Bonchev–Trinajstić information content (AvgIpc) is 2.63. The molecule has 0 unspecified atom stereocenters. The maximum atomic E-state index is 12.4. The third-order valence-corrected chi connectivity index (χ3v) is 3.69. The van der Waals surface area contributed by atoms with E-state index in [1.807, 2.05) is 49.5 Å². The molecule has 0 aromatic heterocycles. The number of benzene rings is 2. The lowest BCUT2D eigenvalue weighted by Gasteiger charge is -2.25. The van der Waals surface area contributed by atoms with Gasteiger partial charge in [0, 0.05) is 6.54 Å². The molecule has 2 N–H and O–H groups in total. The number of amides is 1. The normalized spacial score (nSPS) is 13.2. The van der Waals surface area contributed by atoms with E-state index in [1.54, 1.807) is 0 Å². The van der Waals surface area contributed by atoms with Gasteiger partial charge in [-0.15, -0.1) is 0 Å². The molecule has 0 aliphatic carbocycles. The Hall–Kier alpha value is -2.33. The quantitative estimate of drug-likeness (QED) is 0.847. The lowest BCUT2D eigenvalue weighted by Crippen LogP contribution is -2.22. The molecule has 4 nitrogen and oxygen atoms in total. The minimum Gasteiger partial charge on any atom is -0.339 e. The molecular formula is C17H19N3O. The second kappa shape index (κ2) is 5.97. The molecule has 2 aromatic rings. The van der Waals surface area contributed by atoms with E-state index in [4.69, 9.17) is 0 Å². The fourth-order valence-electron chi connectivity index (χ4n) is 2.69. The maximum Gasteiger partial charge on any atom is 0.257 e. The minimum atomic E-state index is -0.0471. The zero-order valence-corrected chi connectivity index (χ0v) is 12.1.